The maximum atomic E-state index is 13.1. The van der Waals surface area contributed by atoms with Crippen molar-refractivity contribution < 1.29 is 19.5 Å². The Labute approximate surface area is 193 Å². The molecule has 2 amide bonds. The number of nitrogens with zero attached hydrogens (tertiary/aromatic N) is 4. The van der Waals surface area contributed by atoms with E-state index in [1.54, 1.807) is 6.07 Å². The smallest absolute Gasteiger partial charge is 0.412 e. The molecule has 33 heavy (non-hydrogen) atoms. The van der Waals surface area contributed by atoms with Crippen LogP contribution < -0.4 is 9.80 Å². The summed E-state index contributed by atoms with van der Waals surface area (Å²) >= 11 is 0. The molecule has 2 aromatic carbocycles. The van der Waals surface area contributed by atoms with E-state index in [1.807, 2.05) is 49.5 Å². The second-order valence-electron chi connectivity index (χ2n) is 9.11. The van der Waals surface area contributed by atoms with Gasteiger partial charge in [0.2, 0.25) is 0 Å². The normalized spacial score (nSPS) is 25.5. The summed E-state index contributed by atoms with van der Waals surface area (Å²) in [4.78, 5) is 36.7. The van der Waals surface area contributed by atoms with Crippen LogP contribution in [0.4, 0.5) is 16.2 Å². The van der Waals surface area contributed by atoms with Gasteiger partial charge >= 0.3 is 6.09 Å². The number of carbonyl (C=O) groups excluding carboxylic acids is 1. The third-order valence-electron chi connectivity index (χ3n) is 7.05. The highest BCUT2D eigenvalue weighted by Crippen LogP contribution is 2.50. The van der Waals surface area contributed by atoms with E-state index in [0.29, 0.717) is 18.7 Å². The van der Waals surface area contributed by atoms with Gasteiger partial charge in [0.25, 0.3) is 5.91 Å². The molecule has 8 nitrogen and oxygen atoms in total. The van der Waals surface area contributed by atoms with Crippen molar-refractivity contribution in [2.75, 3.05) is 30.4 Å². The van der Waals surface area contributed by atoms with Crippen LogP contribution in [0.15, 0.2) is 60.8 Å². The number of anilines is 2. The van der Waals surface area contributed by atoms with Gasteiger partial charge in [-0.05, 0) is 48.9 Å². The fourth-order valence-electron chi connectivity index (χ4n) is 5.47. The van der Waals surface area contributed by atoms with Crippen LogP contribution in [0.3, 0.4) is 0 Å². The molecule has 1 saturated heterocycles. The molecule has 0 aromatic heterocycles. The average Bonchev–Trinajstić information content (AvgIpc) is 3.39. The third kappa shape index (κ3) is 3.33. The Balaban J connectivity index is 1.39. The minimum absolute atomic E-state index is 0.135. The molecule has 0 bridgehead atoms. The first-order chi connectivity index (χ1) is 15.8. The number of hydrogen-bond donors (Lipinski definition) is 1. The quantitative estimate of drug-likeness (QED) is 0.756. The van der Waals surface area contributed by atoms with E-state index >= 15 is 0 Å². The van der Waals surface area contributed by atoms with Gasteiger partial charge in [-0.2, -0.15) is 0 Å². The number of hydroxylamine groups is 2. The van der Waals surface area contributed by atoms with Crippen LogP contribution in [-0.4, -0.2) is 59.9 Å². The Morgan fingerprint density at radius 3 is 2.70 bits per heavy atom. The number of hydrogen-bond acceptors (Lipinski definition) is 5. The molecule has 2 unspecified atom stereocenters. The fourth-order valence-corrected chi connectivity index (χ4v) is 5.47. The highest BCUT2D eigenvalue weighted by atomic mass is 16.7. The highest BCUT2D eigenvalue weighted by molar-refractivity contribution is 5.97. The Morgan fingerprint density at radius 1 is 1.21 bits per heavy atom. The van der Waals surface area contributed by atoms with E-state index in [4.69, 9.17) is 4.84 Å². The maximum Gasteiger partial charge on any atom is 0.412 e. The lowest BCUT2D eigenvalue weighted by molar-refractivity contribution is -0.182. The molecule has 2 aromatic rings. The molecule has 8 heteroatoms. The summed E-state index contributed by atoms with van der Waals surface area (Å²) in [6, 6.07) is 14.4. The zero-order valence-corrected chi connectivity index (χ0v) is 19.0. The molecule has 3 aliphatic rings. The minimum atomic E-state index is -1.15. The van der Waals surface area contributed by atoms with E-state index < -0.39 is 12.1 Å². The molecule has 1 fully saturated rings. The van der Waals surface area contributed by atoms with Crippen LogP contribution in [0.2, 0.25) is 0 Å². The minimum Gasteiger partial charge on any atom is -0.465 e. The molecule has 5 rings (SSSR count). The van der Waals surface area contributed by atoms with Crippen LogP contribution in [0.25, 0.3) is 0 Å². The Hall–Kier alpha value is -3.52. The number of carbonyl (C=O) groups is 2. The number of amides is 2. The molecule has 172 valence electrons. The van der Waals surface area contributed by atoms with Crippen molar-refractivity contribution in [1.29, 1.82) is 0 Å². The summed E-state index contributed by atoms with van der Waals surface area (Å²) < 4.78 is 0. The fraction of sp³-hybridized carbons (Fsp3) is 0.360. The lowest BCUT2D eigenvalue weighted by atomic mass is 9.83. The molecule has 0 radical (unpaired) electrons. The van der Waals surface area contributed by atoms with Gasteiger partial charge in [0.05, 0.1) is 12.0 Å². The van der Waals surface area contributed by atoms with E-state index in [2.05, 4.69) is 36.0 Å². The number of fused-ring (bicyclic) bond motifs is 3. The summed E-state index contributed by atoms with van der Waals surface area (Å²) in [6.45, 7) is 2.77. The van der Waals surface area contributed by atoms with E-state index in [9.17, 15) is 14.7 Å². The van der Waals surface area contributed by atoms with Crippen molar-refractivity contribution in [1.82, 2.24) is 9.96 Å². The van der Waals surface area contributed by atoms with Gasteiger partial charge in [0.15, 0.2) is 0 Å². The zero-order valence-electron chi connectivity index (χ0n) is 19.0. The number of likely N-dealkylation sites (N-methyl/N-ethyl adjacent to an activating group) is 2. The summed E-state index contributed by atoms with van der Waals surface area (Å²) in [5.74, 6) is -0.337. The van der Waals surface area contributed by atoms with Crippen LogP contribution >= 0.6 is 0 Å². The highest BCUT2D eigenvalue weighted by Gasteiger charge is 2.50. The van der Waals surface area contributed by atoms with Gasteiger partial charge in [0, 0.05) is 25.5 Å². The summed E-state index contributed by atoms with van der Waals surface area (Å²) in [5, 5.41) is 11.4. The van der Waals surface area contributed by atoms with E-state index in [-0.39, 0.29) is 24.1 Å². The SMILES string of the molecule is CN1C=CC2(C)c3cc(N(C(=O)O)[C@@H]4CCN(OCc5ccccc5)C4=O)ccc3N(C)C12. The van der Waals surface area contributed by atoms with Gasteiger partial charge in [-0.3, -0.25) is 14.5 Å². The summed E-state index contributed by atoms with van der Waals surface area (Å²) in [5.41, 5.74) is 3.32. The van der Waals surface area contributed by atoms with E-state index in [1.165, 1.54) is 9.96 Å². The van der Waals surface area contributed by atoms with Crippen molar-refractivity contribution in [2.45, 2.75) is 37.6 Å². The van der Waals surface area contributed by atoms with Crippen LogP contribution in [-0.2, 0) is 21.7 Å². The Bertz CT molecular complexity index is 1120. The van der Waals surface area contributed by atoms with Crippen molar-refractivity contribution in [3.8, 4) is 0 Å². The molecule has 0 aliphatic carbocycles. The predicted molar refractivity (Wildman–Crippen MR) is 125 cm³/mol. The average molecular weight is 449 g/mol. The van der Waals surface area contributed by atoms with Gasteiger partial charge in [-0.15, -0.1) is 0 Å². The molecule has 3 heterocycles. The third-order valence-corrected chi connectivity index (χ3v) is 7.05. The Kier molecular flexibility index (Phi) is 5.05. The maximum absolute atomic E-state index is 13.1. The van der Waals surface area contributed by atoms with Crippen molar-refractivity contribution in [3.05, 3.63) is 71.9 Å². The van der Waals surface area contributed by atoms with Crippen molar-refractivity contribution in [2.24, 2.45) is 0 Å². The summed E-state index contributed by atoms with van der Waals surface area (Å²) in [6.07, 6.45) is 3.59. The van der Waals surface area contributed by atoms with Crippen molar-refractivity contribution in [3.63, 3.8) is 0 Å². The summed E-state index contributed by atoms with van der Waals surface area (Å²) in [7, 11) is 4.09. The number of benzene rings is 2. The first-order valence-corrected chi connectivity index (χ1v) is 11.1. The lowest BCUT2D eigenvalue weighted by Gasteiger charge is -2.33. The first kappa shape index (κ1) is 21.3. The molecule has 0 spiro atoms. The van der Waals surface area contributed by atoms with Gasteiger partial charge in [0.1, 0.15) is 18.8 Å². The molecule has 1 N–H and O–H groups in total. The van der Waals surface area contributed by atoms with Crippen LogP contribution in [0, 0.1) is 0 Å². The van der Waals surface area contributed by atoms with Crippen molar-refractivity contribution >= 4 is 23.4 Å². The molecule has 3 aliphatic heterocycles. The number of rotatable bonds is 5. The second kappa shape index (κ2) is 7.81. The zero-order chi connectivity index (χ0) is 23.3. The van der Waals surface area contributed by atoms with Gasteiger partial charge < -0.3 is 14.9 Å². The number of carboxylic acid groups (broad SMARTS) is 1. The molecular formula is C25H28N4O4. The largest absolute Gasteiger partial charge is 0.465 e. The molecule has 0 saturated carbocycles. The second-order valence-corrected chi connectivity index (χ2v) is 9.11. The van der Waals surface area contributed by atoms with Crippen LogP contribution in [0.5, 0.6) is 0 Å². The lowest BCUT2D eigenvalue weighted by Crippen LogP contribution is -2.45. The van der Waals surface area contributed by atoms with E-state index in [0.717, 1.165) is 16.8 Å². The predicted octanol–water partition coefficient (Wildman–Crippen LogP) is 3.40. The van der Waals surface area contributed by atoms with Gasteiger partial charge in [-0.25, -0.2) is 9.86 Å². The monoisotopic (exact) mass is 448 g/mol. The van der Waals surface area contributed by atoms with Gasteiger partial charge in [-0.1, -0.05) is 36.4 Å². The standard InChI is InChI=1S/C25H28N4O4/c1-25-12-14-26(2)23(25)27(3)20-10-9-18(15-19(20)25)29(24(31)32)21-11-13-28(22(21)30)33-16-17-7-5-4-6-8-17/h4-10,12,14-15,21,23H,11,13,16H2,1-3H3,(H,31,32)/t21-,23?,25?/m1/s1. The van der Waals surface area contributed by atoms with Crippen LogP contribution in [0.1, 0.15) is 24.5 Å². The molecule has 3 atom stereocenters. The Morgan fingerprint density at radius 2 is 1.97 bits per heavy atom. The topological polar surface area (TPSA) is 76.6 Å². The first-order valence-electron chi connectivity index (χ1n) is 11.1. The molecular weight excluding hydrogens is 420 g/mol.